The van der Waals surface area contributed by atoms with Crippen LogP contribution in [0.15, 0.2) is 42.5 Å². The number of carbonyl (C=O) groups excluding carboxylic acids is 3. The van der Waals surface area contributed by atoms with Crippen LogP contribution in [0.4, 0.5) is 11.4 Å². The van der Waals surface area contributed by atoms with Gasteiger partial charge in [-0.25, -0.2) is 0 Å². The van der Waals surface area contributed by atoms with Crippen LogP contribution in [0.1, 0.15) is 12.0 Å². The summed E-state index contributed by atoms with van der Waals surface area (Å²) in [6.07, 6.45) is 0.0281. The monoisotopic (exact) mass is 420 g/mol. The minimum atomic E-state index is -0.632. The normalized spacial score (nSPS) is 16.2. The van der Waals surface area contributed by atoms with Gasteiger partial charge in [-0.1, -0.05) is 35.3 Å². The Hall–Kier alpha value is -2.57. The number of amides is 2. The molecule has 1 aliphatic heterocycles. The first-order valence-corrected chi connectivity index (χ1v) is 9.38. The first-order valence-electron chi connectivity index (χ1n) is 8.62. The van der Waals surface area contributed by atoms with Crippen molar-refractivity contribution in [2.24, 2.45) is 5.92 Å². The van der Waals surface area contributed by atoms with Gasteiger partial charge in [-0.15, -0.1) is 0 Å². The number of anilines is 2. The highest BCUT2D eigenvalue weighted by atomic mass is 35.5. The van der Waals surface area contributed by atoms with Crippen molar-refractivity contribution in [3.05, 3.63) is 58.1 Å². The highest BCUT2D eigenvalue weighted by Crippen LogP contribution is 2.28. The van der Waals surface area contributed by atoms with E-state index in [2.05, 4.69) is 5.32 Å². The number of rotatable bonds is 5. The molecule has 1 saturated heterocycles. The number of nitrogens with one attached hydrogen (secondary N) is 1. The molecule has 2 aromatic carbocycles. The molecule has 1 aliphatic rings. The zero-order chi connectivity index (χ0) is 20.3. The Labute approximate surface area is 172 Å². The minimum Gasteiger partial charge on any atom is -0.455 e. The van der Waals surface area contributed by atoms with Crippen LogP contribution in [0.2, 0.25) is 10.0 Å². The highest BCUT2D eigenvalue weighted by molar-refractivity contribution is 6.31. The number of halogens is 2. The van der Waals surface area contributed by atoms with Crippen molar-refractivity contribution in [3.8, 4) is 0 Å². The van der Waals surface area contributed by atoms with Crippen molar-refractivity contribution in [2.45, 2.75) is 13.3 Å². The maximum Gasteiger partial charge on any atom is 0.311 e. The third-order valence-electron chi connectivity index (χ3n) is 4.47. The fourth-order valence-corrected chi connectivity index (χ4v) is 3.30. The first kappa shape index (κ1) is 20.2. The largest absolute Gasteiger partial charge is 0.455 e. The predicted molar refractivity (Wildman–Crippen MR) is 108 cm³/mol. The van der Waals surface area contributed by atoms with E-state index in [1.54, 1.807) is 49.4 Å². The van der Waals surface area contributed by atoms with Crippen molar-refractivity contribution in [3.63, 3.8) is 0 Å². The number of esters is 1. The van der Waals surface area contributed by atoms with Gasteiger partial charge in [0.15, 0.2) is 6.61 Å². The Morgan fingerprint density at radius 3 is 2.71 bits per heavy atom. The summed E-state index contributed by atoms with van der Waals surface area (Å²) < 4.78 is 5.10. The van der Waals surface area contributed by atoms with Crippen molar-refractivity contribution < 1.29 is 19.1 Å². The van der Waals surface area contributed by atoms with Crippen LogP contribution in [-0.2, 0) is 19.1 Å². The van der Waals surface area contributed by atoms with Gasteiger partial charge in [-0.2, -0.15) is 0 Å². The van der Waals surface area contributed by atoms with Gasteiger partial charge in [0.1, 0.15) is 0 Å². The number of nitrogens with zero attached hydrogens (tertiary/aromatic N) is 1. The summed E-state index contributed by atoms with van der Waals surface area (Å²) in [5.74, 6) is -1.89. The second-order valence-electron chi connectivity index (χ2n) is 6.45. The number of carbonyl (C=O) groups is 3. The van der Waals surface area contributed by atoms with Crippen LogP contribution in [0.3, 0.4) is 0 Å². The van der Waals surface area contributed by atoms with Crippen LogP contribution in [0.25, 0.3) is 0 Å². The van der Waals surface area contributed by atoms with E-state index >= 15 is 0 Å². The Morgan fingerprint density at radius 2 is 1.96 bits per heavy atom. The van der Waals surface area contributed by atoms with E-state index in [0.29, 0.717) is 21.4 Å². The maximum atomic E-state index is 12.3. The van der Waals surface area contributed by atoms with Gasteiger partial charge in [0.2, 0.25) is 5.91 Å². The Balaban J connectivity index is 1.54. The molecule has 2 aromatic rings. The van der Waals surface area contributed by atoms with E-state index in [0.717, 1.165) is 5.56 Å². The lowest BCUT2D eigenvalue weighted by molar-refractivity contribution is -0.151. The Bertz CT molecular complexity index is 932. The smallest absolute Gasteiger partial charge is 0.311 e. The van der Waals surface area contributed by atoms with E-state index in [1.807, 2.05) is 0 Å². The lowest BCUT2D eigenvalue weighted by Crippen LogP contribution is -2.28. The van der Waals surface area contributed by atoms with Crippen molar-refractivity contribution >= 4 is 52.4 Å². The van der Waals surface area contributed by atoms with E-state index in [1.165, 1.54) is 4.90 Å². The number of hydrogen-bond acceptors (Lipinski definition) is 4. The fourth-order valence-electron chi connectivity index (χ4n) is 2.94. The Kier molecular flexibility index (Phi) is 6.21. The lowest BCUT2D eigenvalue weighted by atomic mass is 10.1. The predicted octanol–water partition coefficient (Wildman–Crippen LogP) is 3.84. The third-order valence-corrected chi connectivity index (χ3v) is 5.11. The van der Waals surface area contributed by atoms with Crippen molar-refractivity contribution in [2.75, 3.05) is 23.4 Å². The summed E-state index contributed by atoms with van der Waals surface area (Å²) in [6.45, 7) is 1.53. The summed E-state index contributed by atoms with van der Waals surface area (Å²) in [5, 5.41) is 3.69. The van der Waals surface area contributed by atoms with Crippen molar-refractivity contribution in [1.29, 1.82) is 0 Å². The van der Waals surface area contributed by atoms with Crippen LogP contribution in [0, 0.1) is 12.8 Å². The molecule has 0 bridgehead atoms. The zero-order valence-electron chi connectivity index (χ0n) is 15.1. The number of benzene rings is 2. The van der Waals surface area contributed by atoms with Gasteiger partial charge in [0.25, 0.3) is 5.91 Å². The minimum absolute atomic E-state index is 0.0281. The molecule has 0 aliphatic carbocycles. The molecule has 0 aromatic heterocycles. The Morgan fingerprint density at radius 1 is 1.21 bits per heavy atom. The van der Waals surface area contributed by atoms with Crippen LogP contribution in [-0.4, -0.2) is 30.9 Å². The summed E-state index contributed by atoms with van der Waals surface area (Å²) in [5.41, 5.74) is 1.90. The second kappa shape index (κ2) is 8.63. The van der Waals surface area contributed by atoms with Crippen molar-refractivity contribution in [1.82, 2.24) is 0 Å². The molecule has 1 N–H and O–H groups in total. The fraction of sp³-hybridized carbons (Fsp3) is 0.250. The summed E-state index contributed by atoms with van der Waals surface area (Å²) in [6, 6.07) is 12.0. The first-order chi connectivity index (χ1) is 13.3. The number of hydrogen-bond donors (Lipinski definition) is 1. The SMILES string of the molecule is Cc1c(Cl)cccc1NC(=O)COC(=O)[C@H]1CC(=O)N(c2cccc(Cl)c2)C1. The summed E-state index contributed by atoms with van der Waals surface area (Å²) >= 11 is 12.0. The van der Waals surface area contributed by atoms with Gasteiger partial charge >= 0.3 is 5.97 Å². The molecule has 1 fully saturated rings. The van der Waals surface area contributed by atoms with Gasteiger partial charge in [-0.3, -0.25) is 14.4 Å². The molecule has 28 heavy (non-hydrogen) atoms. The highest BCUT2D eigenvalue weighted by Gasteiger charge is 2.36. The van der Waals surface area contributed by atoms with E-state index < -0.39 is 24.4 Å². The molecule has 146 valence electrons. The molecule has 0 spiro atoms. The molecule has 8 heteroatoms. The van der Waals surface area contributed by atoms with Gasteiger partial charge < -0.3 is 15.0 Å². The maximum absolute atomic E-state index is 12.3. The van der Waals surface area contributed by atoms with Crippen LogP contribution >= 0.6 is 23.2 Å². The average Bonchev–Trinajstić information content (AvgIpc) is 3.05. The third kappa shape index (κ3) is 4.64. The molecule has 0 unspecified atom stereocenters. The summed E-state index contributed by atoms with van der Waals surface area (Å²) in [4.78, 5) is 38.1. The zero-order valence-corrected chi connectivity index (χ0v) is 16.6. The molecule has 0 saturated carbocycles. The van der Waals surface area contributed by atoms with Gasteiger partial charge in [-0.05, 0) is 42.8 Å². The number of ether oxygens (including phenoxy) is 1. The molecule has 3 rings (SSSR count). The van der Waals surface area contributed by atoms with Crippen LogP contribution < -0.4 is 10.2 Å². The van der Waals surface area contributed by atoms with Gasteiger partial charge in [0.05, 0.1) is 5.92 Å². The standard InChI is InChI=1S/C20H18Cl2N2O4/c1-12-16(22)6-3-7-17(12)23-18(25)11-28-20(27)13-8-19(26)24(10-13)15-5-2-4-14(21)9-15/h2-7,9,13H,8,10-11H2,1H3,(H,23,25)/t13-/m0/s1. The molecular weight excluding hydrogens is 403 g/mol. The van der Waals surface area contributed by atoms with Gasteiger partial charge in [0, 0.05) is 34.4 Å². The molecule has 6 nitrogen and oxygen atoms in total. The lowest BCUT2D eigenvalue weighted by Gasteiger charge is -2.16. The van der Waals surface area contributed by atoms with E-state index in [4.69, 9.17) is 27.9 Å². The molecule has 0 radical (unpaired) electrons. The molecule has 1 atom stereocenters. The van der Waals surface area contributed by atoms with E-state index in [9.17, 15) is 14.4 Å². The van der Waals surface area contributed by atoms with Crippen LogP contribution in [0.5, 0.6) is 0 Å². The quantitative estimate of drug-likeness (QED) is 0.745. The topological polar surface area (TPSA) is 75.7 Å². The van der Waals surface area contributed by atoms with E-state index in [-0.39, 0.29) is 18.9 Å². The molecule has 2 amide bonds. The second-order valence-corrected chi connectivity index (χ2v) is 7.30. The summed E-state index contributed by atoms with van der Waals surface area (Å²) in [7, 11) is 0. The molecular formula is C20H18Cl2N2O4. The average molecular weight is 421 g/mol. The molecule has 1 heterocycles.